The van der Waals surface area contributed by atoms with Gasteiger partial charge in [0, 0.05) is 18.5 Å². The lowest BCUT2D eigenvalue weighted by atomic mass is 9.69. The van der Waals surface area contributed by atoms with E-state index in [-0.39, 0.29) is 18.1 Å². The molecule has 1 saturated heterocycles. The van der Waals surface area contributed by atoms with Crippen LogP contribution in [0.5, 0.6) is 0 Å². The van der Waals surface area contributed by atoms with Crippen LogP contribution in [0, 0.1) is 11.3 Å². The van der Waals surface area contributed by atoms with Crippen LogP contribution in [0.15, 0.2) is 0 Å². The number of aliphatic hydroxyl groups is 1. The van der Waals surface area contributed by atoms with Gasteiger partial charge < -0.3 is 10.2 Å². The number of carboxylic acids is 1. The molecule has 4 nitrogen and oxygen atoms in total. The maximum atomic E-state index is 11.2. The van der Waals surface area contributed by atoms with Crippen molar-refractivity contribution in [1.82, 2.24) is 4.90 Å². The predicted molar refractivity (Wildman–Crippen MR) is 64.8 cm³/mol. The van der Waals surface area contributed by atoms with Crippen molar-refractivity contribution in [2.75, 3.05) is 19.7 Å². The van der Waals surface area contributed by atoms with Crippen molar-refractivity contribution < 1.29 is 15.0 Å². The van der Waals surface area contributed by atoms with Crippen molar-refractivity contribution in [1.29, 1.82) is 0 Å². The molecule has 0 aromatic rings. The van der Waals surface area contributed by atoms with E-state index in [1.165, 1.54) is 12.8 Å². The summed E-state index contributed by atoms with van der Waals surface area (Å²) >= 11 is 0. The number of carbonyl (C=O) groups is 1. The van der Waals surface area contributed by atoms with Crippen molar-refractivity contribution in [3.8, 4) is 0 Å². The molecular weight excluding hydrogens is 218 g/mol. The largest absolute Gasteiger partial charge is 0.480 e. The molecule has 4 heteroatoms. The Morgan fingerprint density at radius 3 is 2.82 bits per heavy atom. The number of carboxylic acid groups (broad SMARTS) is 1. The van der Waals surface area contributed by atoms with Gasteiger partial charge in [0.2, 0.25) is 0 Å². The SMILES string of the molecule is CCC(C(=O)O)N1CC2CCCCC2(CO)C1. The second-order valence-electron chi connectivity index (χ2n) is 5.65. The average Bonchev–Trinajstić information content (AvgIpc) is 2.69. The van der Waals surface area contributed by atoms with E-state index in [0.717, 1.165) is 25.9 Å². The van der Waals surface area contributed by atoms with Crippen LogP contribution in [0.3, 0.4) is 0 Å². The molecule has 17 heavy (non-hydrogen) atoms. The molecule has 1 saturated carbocycles. The molecule has 2 N–H and O–H groups in total. The topological polar surface area (TPSA) is 60.8 Å². The monoisotopic (exact) mass is 241 g/mol. The average molecular weight is 241 g/mol. The van der Waals surface area contributed by atoms with Gasteiger partial charge in [-0.25, -0.2) is 0 Å². The standard InChI is InChI=1S/C13H23NO3/c1-2-11(12(16)17)14-7-10-5-3-4-6-13(10,8-14)9-15/h10-11,15H,2-9H2,1H3,(H,16,17). The third kappa shape index (κ3) is 2.20. The Kier molecular flexibility index (Phi) is 3.73. The summed E-state index contributed by atoms with van der Waals surface area (Å²) in [6.45, 7) is 3.75. The van der Waals surface area contributed by atoms with E-state index >= 15 is 0 Å². The smallest absolute Gasteiger partial charge is 0.320 e. The lowest BCUT2D eigenvalue weighted by Crippen LogP contribution is -2.41. The van der Waals surface area contributed by atoms with Gasteiger partial charge in [-0.3, -0.25) is 9.69 Å². The second-order valence-corrected chi connectivity index (χ2v) is 5.65. The Labute approximate surface area is 103 Å². The second kappa shape index (κ2) is 4.94. The van der Waals surface area contributed by atoms with Gasteiger partial charge in [0.25, 0.3) is 0 Å². The molecule has 0 bridgehead atoms. The zero-order chi connectivity index (χ0) is 12.5. The number of hydrogen-bond acceptors (Lipinski definition) is 3. The summed E-state index contributed by atoms with van der Waals surface area (Å²) in [4.78, 5) is 13.3. The summed E-state index contributed by atoms with van der Waals surface area (Å²) in [5.41, 5.74) is -0.0128. The van der Waals surface area contributed by atoms with Crippen LogP contribution in [0.4, 0.5) is 0 Å². The molecular formula is C13H23NO3. The van der Waals surface area contributed by atoms with Gasteiger partial charge in [-0.1, -0.05) is 19.8 Å². The summed E-state index contributed by atoms with van der Waals surface area (Å²) in [7, 11) is 0. The summed E-state index contributed by atoms with van der Waals surface area (Å²) < 4.78 is 0. The van der Waals surface area contributed by atoms with Crippen LogP contribution in [0.2, 0.25) is 0 Å². The first-order valence-corrected chi connectivity index (χ1v) is 6.70. The van der Waals surface area contributed by atoms with E-state index in [4.69, 9.17) is 0 Å². The summed E-state index contributed by atoms with van der Waals surface area (Å²) in [5.74, 6) is -0.228. The van der Waals surface area contributed by atoms with E-state index in [0.29, 0.717) is 12.3 Å². The fourth-order valence-electron chi connectivity index (χ4n) is 3.71. The first kappa shape index (κ1) is 12.8. The van der Waals surface area contributed by atoms with Crippen molar-refractivity contribution in [2.45, 2.75) is 45.1 Å². The quantitative estimate of drug-likeness (QED) is 0.779. The molecule has 0 radical (unpaired) electrons. The molecule has 0 aromatic heterocycles. The van der Waals surface area contributed by atoms with Gasteiger partial charge in [0.05, 0.1) is 6.61 Å². The molecule has 1 aliphatic heterocycles. The van der Waals surface area contributed by atoms with Gasteiger partial charge in [0.15, 0.2) is 0 Å². The molecule has 3 unspecified atom stereocenters. The highest BCUT2D eigenvalue weighted by molar-refractivity contribution is 5.73. The van der Waals surface area contributed by atoms with Crippen molar-refractivity contribution in [2.24, 2.45) is 11.3 Å². The lowest BCUT2D eigenvalue weighted by molar-refractivity contribution is -0.143. The van der Waals surface area contributed by atoms with Crippen LogP contribution < -0.4 is 0 Å². The van der Waals surface area contributed by atoms with Gasteiger partial charge in [-0.05, 0) is 25.2 Å². The number of nitrogens with zero attached hydrogens (tertiary/aromatic N) is 1. The normalized spacial score (nSPS) is 35.5. The number of fused-ring (bicyclic) bond motifs is 1. The highest BCUT2D eigenvalue weighted by Crippen LogP contribution is 2.47. The molecule has 1 aliphatic carbocycles. The Bertz CT molecular complexity index is 294. The minimum absolute atomic E-state index is 0.0128. The van der Waals surface area contributed by atoms with Gasteiger partial charge in [-0.15, -0.1) is 0 Å². The van der Waals surface area contributed by atoms with Crippen LogP contribution >= 0.6 is 0 Å². The van der Waals surface area contributed by atoms with E-state index in [2.05, 4.69) is 4.90 Å². The molecule has 2 fully saturated rings. The lowest BCUT2D eigenvalue weighted by Gasteiger charge is -2.37. The fourth-order valence-corrected chi connectivity index (χ4v) is 3.71. The highest BCUT2D eigenvalue weighted by atomic mass is 16.4. The van der Waals surface area contributed by atoms with Crippen LogP contribution in [-0.2, 0) is 4.79 Å². The first-order chi connectivity index (χ1) is 8.13. The maximum Gasteiger partial charge on any atom is 0.320 e. The number of aliphatic hydroxyl groups excluding tert-OH is 1. The first-order valence-electron chi connectivity index (χ1n) is 6.70. The van der Waals surface area contributed by atoms with Crippen LogP contribution in [0.1, 0.15) is 39.0 Å². The predicted octanol–water partition coefficient (Wildman–Crippen LogP) is 1.33. The van der Waals surface area contributed by atoms with Crippen molar-refractivity contribution >= 4 is 5.97 Å². The van der Waals surface area contributed by atoms with E-state index in [1.807, 2.05) is 6.92 Å². The maximum absolute atomic E-state index is 11.2. The molecule has 0 amide bonds. The zero-order valence-electron chi connectivity index (χ0n) is 10.6. The minimum Gasteiger partial charge on any atom is -0.480 e. The van der Waals surface area contributed by atoms with Gasteiger partial charge in [-0.2, -0.15) is 0 Å². The highest BCUT2D eigenvalue weighted by Gasteiger charge is 2.49. The van der Waals surface area contributed by atoms with Crippen molar-refractivity contribution in [3.05, 3.63) is 0 Å². The number of likely N-dealkylation sites (tertiary alicyclic amines) is 1. The minimum atomic E-state index is -0.723. The van der Waals surface area contributed by atoms with Crippen LogP contribution in [-0.4, -0.2) is 46.8 Å². The molecule has 3 atom stereocenters. The molecule has 2 rings (SSSR count). The van der Waals surface area contributed by atoms with E-state index < -0.39 is 5.97 Å². The van der Waals surface area contributed by atoms with Gasteiger partial charge in [0.1, 0.15) is 6.04 Å². The Morgan fingerprint density at radius 2 is 2.29 bits per heavy atom. The Balaban J connectivity index is 2.12. The van der Waals surface area contributed by atoms with E-state index in [9.17, 15) is 15.0 Å². The third-order valence-electron chi connectivity index (χ3n) is 4.74. The Morgan fingerprint density at radius 1 is 1.53 bits per heavy atom. The third-order valence-corrected chi connectivity index (χ3v) is 4.74. The zero-order valence-corrected chi connectivity index (χ0v) is 10.6. The summed E-state index contributed by atoms with van der Waals surface area (Å²) in [6, 6.07) is -0.371. The molecule has 2 aliphatic rings. The molecule has 0 aromatic carbocycles. The molecule has 1 heterocycles. The molecule has 0 spiro atoms. The summed E-state index contributed by atoms with van der Waals surface area (Å²) in [6.07, 6.45) is 5.25. The number of hydrogen-bond donors (Lipinski definition) is 2. The fraction of sp³-hybridized carbons (Fsp3) is 0.923. The van der Waals surface area contributed by atoms with E-state index in [1.54, 1.807) is 0 Å². The van der Waals surface area contributed by atoms with Gasteiger partial charge >= 0.3 is 5.97 Å². The number of aliphatic carboxylic acids is 1. The Hall–Kier alpha value is -0.610. The molecule has 98 valence electrons. The van der Waals surface area contributed by atoms with Crippen LogP contribution in [0.25, 0.3) is 0 Å². The summed E-state index contributed by atoms with van der Waals surface area (Å²) in [5, 5.41) is 18.9. The van der Waals surface area contributed by atoms with Crippen molar-refractivity contribution in [3.63, 3.8) is 0 Å². The number of rotatable bonds is 4.